The molecule has 1 fully saturated rings. The van der Waals surface area contributed by atoms with Crippen molar-refractivity contribution in [1.82, 2.24) is 9.97 Å². The van der Waals surface area contributed by atoms with E-state index in [4.69, 9.17) is 4.74 Å². The van der Waals surface area contributed by atoms with Crippen LogP contribution in [0.4, 0.5) is 0 Å². The van der Waals surface area contributed by atoms with Gasteiger partial charge in [-0.25, -0.2) is 4.98 Å². The molecule has 0 unspecified atom stereocenters. The Bertz CT molecular complexity index is 541. The van der Waals surface area contributed by atoms with Crippen molar-refractivity contribution < 1.29 is 4.74 Å². The van der Waals surface area contributed by atoms with E-state index in [-0.39, 0.29) is 0 Å². The van der Waals surface area contributed by atoms with E-state index in [2.05, 4.69) is 16.0 Å². The second-order valence-electron chi connectivity index (χ2n) is 5.25. The van der Waals surface area contributed by atoms with Crippen LogP contribution in [-0.2, 0) is 0 Å². The molecule has 0 spiro atoms. The highest BCUT2D eigenvalue weighted by atomic mass is 16.5. The first-order valence-corrected chi connectivity index (χ1v) is 7.06. The minimum atomic E-state index is 0.667. The lowest BCUT2D eigenvalue weighted by Crippen LogP contribution is -2.04. The lowest BCUT2D eigenvalue weighted by atomic mass is 9.87. The third-order valence-electron chi connectivity index (χ3n) is 3.98. The Morgan fingerprint density at radius 3 is 2.84 bits per heavy atom. The van der Waals surface area contributed by atoms with E-state index in [1.54, 1.807) is 7.11 Å². The van der Waals surface area contributed by atoms with Crippen molar-refractivity contribution >= 4 is 0 Å². The van der Waals surface area contributed by atoms with Crippen LogP contribution >= 0.6 is 0 Å². The lowest BCUT2D eigenvalue weighted by Gasteiger charge is -2.19. The molecule has 0 radical (unpaired) electrons. The van der Waals surface area contributed by atoms with Crippen molar-refractivity contribution in [3.05, 3.63) is 36.2 Å². The molecule has 0 atom stereocenters. The Balaban J connectivity index is 1.83. The van der Waals surface area contributed by atoms with Crippen molar-refractivity contribution in [1.29, 1.82) is 0 Å². The molecular formula is C16H20N2O. The molecule has 1 aliphatic rings. The van der Waals surface area contributed by atoms with Crippen molar-refractivity contribution in [2.24, 2.45) is 0 Å². The van der Waals surface area contributed by atoms with Crippen LogP contribution in [0.3, 0.4) is 0 Å². The molecule has 1 N–H and O–H groups in total. The summed E-state index contributed by atoms with van der Waals surface area (Å²) in [6.07, 6.45) is 8.66. The van der Waals surface area contributed by atoms with E-state index in [0.717, 1.165) is 17.1 Å². The summed E-state index contributed by atoms with van der Waals surface area (Å²) in [6, 6.07) is 8.03. The number of aromatic amines is 1. The maximum atomic E-state index is 5.26. The maximum absolute atomic E-state index is 5.26. The molecule has 1 heterocycles. The first kappa shape index (κ1) is 12.3. The van der Waals surface area contributed by atoms with E-state index >= 15 is 0 Å². The maximum Gasteiger partial charge on any atom is 0.137 e. The summed E-state index contributed by atoms with van der Waals surface area (Å²) < 4.78 is 5.26. The summed E-state index contributed by atoms with van der Waals surface area (Å²) in [6.45, 7) is 0. The van der Waals surface area contributed by atoms with Crippen molar-refractivity contribution in [2.75, 3.05) is 7.11 Å². The summed E-state index contributed by atoms with van der Waals surface area (Å²) >= 11 is 0. The number of rotatable bonds is 3. The number of imidazole rings is 1. The Labute approximate surface area is 114 Å². The van der Waals surface area contributed by atoms with Crippen LogP contribution in [0.15, 0.2) is 30.5 Å². The van der Waals surface area contributed by atoms with E-state index < -0.39 is 0 Å². The fraction of sp³-hybridized carbons (Fsp3) is 0.438. The molecule has 3 heteroatoms. The molecule has 0 aliphatic heterocycles. The topological polar surface area (TPSA) is 37.9 Å². The van der Waals surface area contributed by atoms with Gasteiger partial charge in [-0.2, -0.15) is 0 Å². The van der Waals surface area contributed by atoms with Gasteiger partial charge in [-0.15, -0.1) is 0 Å². The van der Waals surface area contributed by atoms with Gasteiger partial charge in [0, 0.05) is 23.4 Å². The SMILES string of the molecule is COc1cccc(-c2ncc(C3CCCCC3)[nH]2)c1. The largest absolute Gasteiger partial charge is 0.497 e. The molecule has 0 bridgehead atoms. The smallest absolute Gasteiger partial charge is 0.137 e. The molecule has 1 aromatic heterocycles. The van der Waals surface area contributed by atoms with Gasteiger partial charge >= 0.3 is 0 Å². The number of hydrogen-bond acceptors (Lipinski definition) is 2. The molecule has 0 amide bonds. The van der Waals surface area contributed by atoms with Crippen LogP contribution in [0.5, 0.6) is 5.75 Å². The Morgan fingerprint density at radius 2 is 2.05 bits per heavy atom. The van der Waals surface area contributed by atoms with Crippen LogP contribution in [0.2, 0.25) is 0 Å². The predicted octanol–water partition coefficient (Wildman–Crippen LogP) is 4.13. The van der Waals surface area contributed by atoms with E-state index in [0.29, 0.717) is 5.92 Å². The Morgan fingerprint density at radius 1 is 1.21 bits per heavy atom. The first-order chi connectivity index (χ1) is 9.36. The van der Waals surface area contributed by atoms with Crippen molar-refractivity contribution in [3.8, 4) is 17.1 Å². The zero-order valence-electron chi connectivity index (χ0n) is 11.4. The highest BCUT2D eigenvalue weighted by Crippen LogP contribution is 2.32. The van der Waals surface area contributed by atoms with E-state index in [9.17, 15) is 0 Å². The second-order valence-corrected chi connectivity index (χ2v) is 5.25. The summed E-state index contributed by atoms with van der Waals surface area (Å²) in [7, 11) is 1.69. The number of aromatic nitrogens is 2. The van der Waals surface area contributed by atoms with Crippen molar-refractivity contribution in [2.45, 2.75) is 38.0 Å². The fourth-order valence-corrected chi connectivity index (χ4v) is 2.87. The minimum absolute atomic E-state index is 0.667. The van der Waals surface area contributed by atoms with Crippen LogP contribution in [-0.4, -0.2) is 17.1 Å². The molecule has 2 aromatic rings. The van der Waals surface area contributed by atoms with Crippen LogP contribution in [0.25, 0.3) is 11.4 Å². The minimum Gasteiger partial charge on any atom is -0.497 e. The summed E-state index contributed by atoms with van der Waals surface area (Å²) in [5.74, 6) is 2.48. The molecular weight excluding hydrogens is 236 g/mol. The summed E-state index contributed by atoms with van der Waals surface area (Å²) in [4.78, 5) is 8.01. The highest BCUT2D eigenvalue weighted by molar-refractivity contribution is 5.57. The number of nitrogens with one attached hydrogen (secondary N) is 1. The average Bonchev–Trinajstić information content (AvgIpc) is 2.98. The predicted molar refractivity (Wildman–Crippen MR) is 76.4 cm³/mol. The molecule has 3 nitrogen and oxygen atoms in total. The van der Waals surface area contributed by atoms with Crippen LogP contribution in [0, 0.1) is 0 Å². The van der Waals surface area contributed by atoms with Crippen LogP contribution < -0.4 is 4.74 Å². The highest BCUT2D eigenvalue weighted by Gasteiger charge is 2.17. The Kier molecular flexibility index (Phi) is 3.53. The monoisotopic (exact) mass is 256 g/mol. The third-order valence-corrected chi connectivity index (χ3v) is 3.98. The fourth-order valence-electron chi connectivity index (χ4n) is 2.87. The number of methoxy groups -OCH3 is 1. The molecule has 1 aliphatic carbocycles. The van der Waals surface area contributed by atoms with Gasteiger partial charge in [0.2, 0.25) is 0 Å². The van der Waals surface area contributed by atoms with Gasteiger partial charge in [-0.3, -0.25) is 0 Å². The van der Waals surface area contributed by atoms with Gasteiger partial charge in [0.1, 0.15) is 11.6 Å². The average molecular weight is 256 g/mol. The van der Waals surface area contributed by atoms with Crippen molar-refractivity contribution in [3.63, 3.8) is 0 Å². The number of H-pyrrole nitrogens is 1. The van der Waals surface area contributed by atoms with Gasteiger partial charge < -0.3 is 9.72 Å². The van der Waals surface area contributed by atoms with Crippen LogP contribution in [0.1, 0.15) is 43.7 Å². The van der Waals surface area contributed by atoms with E-state index in [1.807, 2.05) is 24.4 Å². The van der Waals surface area contributed by atoms with Gasteiger partial charge in [-0.05, 0) is 25.0 Å². The summed E-state index contributed by atoms with van der Waals surface area (Å²) in [5.41, 5.74) is 2.37. The quantitative estimate of drug-likeness (QED) is 0.896. The van der Waals surface area contributed by atoms with Gasteiger partial charge in [0.05, 0.1) is 7.11 Å². The van der Waals surface area contributed by atoms with Gasteiger partial charge in [0.25, 0.3) is 0 Å². The third kappa shape index (κ3) is 2.65. The lowest BCUT2D eigenvalue weighted by molar-refractivity contribution is 0.415. The zero-order valence-corrected chi connectivity index (χ0v) is 11.4. The number of benzene rings is 1. The molecule has 0 saturated heterocycles. The Hall–Kier alpha value is -1.77. The normalized spacial score (nSPS) is 16.5. The zero-order chi connectivity index (χ0) is 13.1. The summed E-state index contributed by atoms with van der Waals surface area (Å²) in [5, 5.41) is 0. The standard InChI is InChI=1S/C16H20N2O/c1-19-14-9-5-8-13(10-14)16-17-11-15(18-16)12-6-3-2-4-7-12/h5,8-12H,2-4,6-7H2,1H3,(H,17,18). The molecule has 3 rings (SSSR count). The number of ether oxygens (including phenoxy) is 1. The first-order valence-electron chi connectivity index (χ1n) is 7.06. The molecule has 1 aromatic carbocycles. The van der Waals surface area contributed by atoms with E-state index in [1.165, 1.54) is 37.8 Å². The molecule has 19 heavy (non-hydrogen) atoms. The molecule has 1 saturated carbocycles. The number of nitrogens with zero attached hydrogens (tertiary/aromatic N) is 1. The number of hydrogen-bond donors (Lipinski definition) is 1. The second kappa shape index (κ2) is 5.47. The van der Waals surface area contributed by atoms with Gasteiger partial charge in [-0.1, -0.05) is 31.4 Å². The molecule has 100 valence electrons. The van der Waals surface area contributed by atoms with Gasteiger partial charge in [0.15, 0.2) is 0 Å².